The Morgan fingerprint density at radius 1 is 0.464 bits per heavy atom. The van der Waals surface area contributed by atoms with Crippen LogP contribution in [0.5, 0.6) is 0 Å². The van der Waals surface area contributed by atoms with Crippen molar-refractivity contribution in [3.63, 3.8) is 0 Å². The van der Waals surface area contributed by atoms with Crippen molar-refractivity contribution in [2.45, 2.75) is 6.17 Å². The number of hydrogen-bond acceptors (Lipinski definition) is 5. The quantitative estimate of drug-likeness (QED) is 0.185. The van der Waals surface area contributed by atoms with Crippen LogP contribution in [0.1, 0.15) is 22.9 Å². The largest absolute Gasteiger partial charge is 0.455 e. The molecule has 8 aromatic carbocycles. The molecule has 0 fully saturated rings. The second-order valence-electron chi connectivity index (χ2n) is 14.2. The topological polar surface area (TPSA) is 49.9 Å². The van der Waals surface area contributed by atoms with E-state index in [1.807, 2.05) is 47.7 Å². The molecule has 1 aliphatic heterocycles. The monoisotopic (exact) mass is 735 g/mol. The van der Waals surface area contributed by atoms with E-state index >= 15 is 0 Å². The Kier molecular flexibility index (Phi) is 7.71. The number of aliphatic imine (C=N–C) groups is 2. The van der Waals surface area contributed by atoms with Gasteiger partial charge in [0.25, 0.3) is 0 Å². The molecule has 264 valence electrons. The van der Waals surface area contributed by atoms with E-state index in [0.29, 0.717) is 5.84 Å². The van der Waals surface area contributed by atoms with Crippen LogP contribution >= 0.6 is 11.3 Å². The minimum absolute atomic E-state index is 0.262. The third-order valence-corrected chi connectivity index (χ3v) is 11.9. The van der Waals surface area contributed by atoms with E-state index in [0.717, 1.165) is 66.7 Å². The zero-order valence-corrected chi connectivity index (χ0v) is 31.0. The van der Waals surface area contributed by atoms with Crippen LogP contribution in [0.4, 0.5) is 0 Å². The van der Waals surface area contributed by atoms with Crippen molar-refractivity contribution in [3.05, 3.63) is 205 Å². The van der Waals surface area contributed by atoms with Gasteiger partial charge in [0.15, 0.2) is 5.84 Å². The highest BCUT2D eigenvalue weighted by atomic mass is 32.1. The van der Waals surface area contributed by atoms with Gasteiger partial charge in [-0.3, -0.25) is 0 Å². The summed E-state index contributed by atoms with van der Waals surface area (Å²) in [5, 5.41) is 8.39. The first-order valence-electron chi connectivity index (χ1n) is 18.8. The number of thiophene rings is 1. The van der Waals surface area contributed by atoms with Crippen LogP contribution in [0.25, 0.3) is 75.5 Å². The lowest BCUT2D eigenvalue weighted by Gasteiger charge is -2.23. The lowest BCUT2D eigenvalue weighted by Crippen LogP contribution is -2.33. The molecule has 4 nitrogen and oxygen atoms in total. The fraction of sp³-hybridized carbons (Fsp3) is 0.0196. The summed E-state index contributed by atoms with van der Waals surface area (Å²) in [6.07, 6.45) is -0.262. The molecule has 0 bridgehead atoms. The van der Waals surface area contributed by atoms with Crippen molar-refractivity contribution in [1.29, 1.82) is 0 Å². The predicted octanol–water partition coefficient (Wildman–Crippen LogP) is 13.5. The van der Waals surface area contributed by atoms with Crippen molar-refractivity contribution in [3.8, 4) is 33.4 Å². The van der Waals surface area contributed by atoms with E-state index in [-0.39, 0.29) is 6.17 Å². The molecule has 11 rings (SSSR count). The predicted molar refractivity (Wildman–Crippen MR) is 235 cm³/mol. The van der Waals surface area contributed by atoms with Gasteiger partial charge in [0.1, 0.15) is 23.2 Å². The number of benzene rings is 8. The minimum Gasteiger partial charge on any atom is -0.455 e. The molecule has 1 N–H and O–H groups in total. The van der Waals surface area contributed by atoms with Crippen molar-refractivity contribution in [1.82, 2.24) is 5.32 Å². The Morgan fingerprint density at radius 3 is 2.00 bits per heavy atom. The standard InChI is InChI=1S/C51H33N3OS/c1-3-12-34(13-4-1)49-52-50(35-14-5-2-6-15-35)54-51(53-49)38-17-9-16-37(30-38)39-19-11-22-44-47(39)43-21-10-20-40(48(43)55-44)33-26-24-32(25-27-33)36-28-29-42-41-18-7-8-23-45(41)56-46(42)31-36/h1-31,49H,(H,52,53,54). The zero-order chi connectivity index (χ0) is 37.0. The average molecular weight is 736 g/mol. The number of amidine groups is 2. The van der Waals surface area contributed by atoms with E-state index in [4.69, 9.17) is 14.4 Å². The number of fused-ring (bicyclic) bond motifs is 6. The van der Waals surface area contributed by atoms with Gasteiger partial charge in [0, 0.05) is 47.6 Å². The Hall–Kier alpha value is -7.08. The molecule has 2 aromatic heterocycles. The third-order valence-electron chi connectivity index (χ3n) is 10.8. The van der Waals surface area contributed by atoms with Crippen LogP contribution in [0.15, 0.2) is 202 Å². The molecule has 0 saturated carbocycles. The number of nitrogens with zero attached hydrogens (tertiary/aromatic N) is 2. The summed E-state index contributed by atoms with van der Waals surface area (Å²) < 4.78 is 9.35. The van der Waals surface area contributed by atoms with Crippen molar-refractivity contribution in [2.75, 3.05) is 0 Å². The molecule has 1 aliphatic rings. The summed E-state index contributed by atoms with van der Waals surface area (Å²) in [7, 11) is 0. The maximum Gasteiger partial charge on any atom is 0.159 e. The van der Waals surface area contributed by atoms with Gasteiger partial charge in [-0.1, -0.05) is 164 Å². The fourth-order valence-electron chi connectivity index (χ4n) is 8.02. The molecule has 10 aromatic rings. The van der Waals surface area contributed by atoms with Gasteiger partial charge in [-0.15, -0.1) is 11.3 Å². The Labute approximate surface area is 327 Å². The average Bonchev–Trinajstić information content (AvgIpc) is 3.85. The molecule has 0 spiro atoms. The first-order chi connectivity index (χ1) is 27.7. The van der Waals surface area contributed by atoms with E-state index in [2.05, 4.69) is 157 Å². The van der Waals surface area contributed by atoms with E-state index in [9.17, 15) is 0 Å². The first kappa shape index (κ1) is 32.4. The Morgan fingerprint density at radius 2 is 1.12 bits per heavy atom. The molecule has 5 heteroatoms. The molecule has 0 amide bonds. The number of furan rings is 1. The highest BCUT2D eigenvalue weighted by Gasteiger charge is 2.22. The maximum absolute atomic E-state index is 6.71. The summed E-state index contributed by atoms with van der Waals surface area (Å²) in [5.41, 5.74) is 11.6. The van der Waals surface area contributed by atoms with Crippen molar-refractivity contribution >= 4 is 65.1 Å². The SMILES string of the molecule is c1ccc(C2=NC(c3cccc(-c4cccc5oc6c(-c7ccc(-c8ccc9c(c8)sc8ccccc89)cc7)cccc6c45)c3)=NC(c3ccccc3)N2)cc1. The highest BCUT2D eigenvalue weighted by Crippen LogP contribution is 2.42. The van der Waals surface area contributed by atoms with Crippen LogP contribution < -0.4 is 5.32 Å². The highest BCUT2D eigenvalue weighted by molar-refractivity contribution is 7.25. The lowest BCUT2D eigenvalue weighted by atomic mass is 9.95. The molecular formula is C51H33N3OS. The number of para-hydroxylation sites is 1. The molecular weight excluding hydrogens is 703 g/mol. The first-order valence-corrected chi connectivity index (χ1v) is 19.7. The molecule has 0 saturated heterocycles. The number of rotatable bonds is 6. The number of nitrogens with one attached hydrogen (secondary N) is 1. The Balaban J connectivity index is 0.965. The van der Waals surface area contributed by atoms with Gasteiger partial charge in [0.2, 0.25) is 0 Å². The van der Waals surface area contributed by atoms with Crippen LogP contribution in [0.2, 0.25) is 0 Å². The molecule has 1 unspecified atom stereocenters. The van der Waals surface area contributed by atoms with Crippen LogP contribution in [0.3, 0.4) is 0 Å². The van der Waals surface area contributed by atoms with Gasteiger partial charge >= 0.3 is 0 Å². The zero-order valence-electron chi connectivity index (χ0n) is 30.2. The number of hydrogen-bond donors (Lipinski definition) is 1. The second-order valence-corrected chi connectivity index (χ2v) is 15.3. The third kappa shape index (κ3) is 5.60. The summed E-state index contributed by atoms with van der Waals surface area (Å²) in [6.45, 7) is 0. The molecule has 0 radical (unpaired) electrons. The van der Waals surface area contributed by atoms with Crippen LogP contribution in [0, 0.1) is 0 Å². The molecule has 1 atom stereocenters. The summed E-state index contributed by atoms with van der Waals surface area (Å²) >= 11 is 1.85. The maximum atomic E-state index is 6.71. The van der Waals surface area contributed by atoms with Crippen LogP contribution in [-0.2, 0) is 0 Å². The summed E-state index contributed by atoms with van der Waals surface area (Å²) in [4.78, 5) is 10.2. The minimum atomic E-state index is -0.262. The van der Waals surface area contributed by atoms with Gasteiger partial charge in [-0.25, -0.2) is 9.98 Å². The van der Waals surface area contributed by atoms with Crippen molar-refractivity contribution in [2.24, 2.45) is 9.98 Å². The fourth-order valence-corrected chi connectivity index (χ4v) is 9.16. The molecule has 3 heterocycles. The molecule has 0 aliphatic carbocycles. The Bertz CT molecular complexity index is 3160. The van der Waals surface area contributed by atoms with Gasteiger partial charge in [-0.2, -0.15) is 0 Å². The smallest absolute Gasteiger partial charge is 0.159 e. The second kappa shape index (κ2) is 13.3. The van der Waals surface area contributed by atoms with Gasteiger partial charge < -0.3 is 9.73 Å². The van der Waals surface area contributed by atoms with E-state index in [1.165, 1.54) is 31.3 Å². The van der Waals surface area contributed by atoms with Crippen molar-refractivity contribution < 1.29 is 4.42 Å². The lowest BCUT2D eigenvalue weighted by molar-refractivity contribution is 0.670. The van der Waals surface area contributed by atoms with Crippen LogP contribution in [-0.4, -0.2) is 11.7 Å². The van der Waals surface area contributed by atoms with Gasteiger partial charge in [0.05, 0.1) is 0 Å². The summed E-state index contributed by atoms with van der Waals surface area (Å²) in [5.74, 6) is 1.49. The van der Waals surface area contributed by atoms with E-state index < -0.39 is 0 Å². The molecule has 56 heavy (non-hydrogen) atoms. The van der Waals surface area contributed by atoms with Gasteiger partial charge in [-0.05, 0) is 57.6 Å². The summed E-state index contributed by atoms with van der Waals surface area (Å²) in [6, 6.07) is 66.2. The van der Waals surface area contributed by atoms with E-state index in [1.54, 1.807) is 0 Å². The normalized spacial score (nSPS) is 14.2.